The molecule has 1 aromatic carbocycles. The van der Waals surface area contributed by atoms with Crippen LogP contribution in [-0.2, 0) is 12.0 Å². The summed E-state index contributed by atoms with van der Waals surface area (Å²) in [5, 5.41) is 7.74. The van der Waals surface area contributed by atoms with Crippen molar-refractivity contribution in [1.29, 1.82) is 0 Å². The summed E-state index contributed by atoms with van der Waals surface area (Å²) in [7, 11) is 0. The van der Waals surface area contributed by atoms with E-state index in [0.29, 0.717) is 11.4 Å². The average molecular weight is 266 g/mol. The molecule has 0 unspecified atom stereocenters. The van der Waals surface area contributed by atoms with E-state index in [1.807, 2.05) is 20.8 Å². The Morgan fingerprint density at radius 2 is 1.95 bits per heavy atom. The van der Waals surface area contributed by atoms with Gasteiger partial charge in [-0.3, -0.25) is 0 Å². The molecule has 0 atom stereocenters. The Morgan fingerprint density at radius 1 is 1.26 bits per heavy atom. The molecule has 2 N–H and O–H groups in total. The highest BCUT2D eigenvalue weighted by atomic mass is 19.1. The second kappa shape index (κ2) is 4.60. The van der Waals surface area contributed by atoms with E-state index in [-0.39, 0.29) is 12.0 Å². The second-order valence-electron chi connectivity index (χ2n) is 5.47. The van der Waals surface area contributed by atoms with Crippen molar-refractivity contribution < 1.29 is 8.78 Å². The standard InChI is InChI=1S/C13H16F2N4/c1-13(2,3)11-12(16)17-18-19(11)7-8-4-5-9(14)6-10(8)15/h4-6H,7,16H2,1-3H3. The Kier molecular flexibility index (Phi) is 3.26. The SMILES string of the molecule is CC(C)(C)c1c(N)nnn1Cc1ccc(F)cc1F. The summed E-state index contributed by atoms with van der Waals surface area (Å²) in [5.74, 6) is -0.876. The van der Waals surface area contributed by atoms with E-state index in [0.717, 1.165) is 11.8 Å². The Labute approximate surface area is 110 Å². The zero-order valence-corrected chi connectivity index (χ0v) is 11.1. The van der Waals surface area contributed by atoms with Crippen molar-refractivity contribution in [3.05, 3.63) is 41.1 Å². The van der Waals surface area contributed by atoms with Crippen LogP contribution in [0.3, 0.4) is 0 Å². The Morgan fingerprint density at radius 3 is 2.53 bits per heavy atom. The van der Waals surface area contributed by atoms with E-state index >= 15 is 0 Å². The number of halogens is 2. The van der Waals surface area contributed by atoms with Crippen LogP contribution >= 0.6 is 0 Å². The van der Waals surface area contributed by atoms with Crippen LogP contribution in [0.25, 0.3) is 0 Å². The highest BCUT2D eigenvalue weighted by Gasteiger charge is 2.24. The quantitative estimate of drug-likeness (QED) is 0.908. The highest BCUT2D eigenvalue weighted by molar-refractivity contribution is 5.38. The molecule has 0 amide bonds. The third kappa shape index (κ3) is 2.72. The number of nitrogens with two attached hydrogens (primary N) is 1. The number of nitrogens with zero attached hydrogens (tertiary/aromatic N) is 3. The van der Waals surface area contributed by atoms with E-state index in [1.54, 1.807) is 4.68 Å². The van der Waals surface area contributed by atoms with Crippen LogP contribution in [0.1, 0.15) is 32.0 Å². The highest BCUT2D eigenvalue weighted by Crippen LogP contribution is 2.26. The van der Waals surface area contributed by atoms with Crippen LogP contribution in [0, 0.1) is 11.6 Å². The number of benzene rings is 1. The minimum atomic E-state index is -0.603. The molecule has 6 heteroatoms. The number of hydrogen-bond acceptors (Lipinski definition) is 3. The van der Waals surface area contributed by atoms with Gasteiger partial charge in [0.25, 0.3) is 0 Å². The van der Waals surface area contributed by atoms with Crippen LogP contribution in [0.4, 0.5) is 14.6 Å². The van der Waals surface area contributed by atoms with Crippen LogP contribution in [-0.4, -0.2) is 15.0 Å². The third-order valence-electron chi connectivity index (χ3n) is 2.81. The van der Waals surface area contributed by atoms with Gasteiger partial charge < -0.3 is 5.73 Å². The molecule has 102 valence electrons. The maximum atomic E-state index is 13.6. The van der Waals surface area contributed by atoms with E-state index in [4.69, 9.17) is 5.73 Å². The summed E-state index contributed by atoms with van der Waals surface area (Å²) >= 11 is 0. The van der Waals surface area contributed by atoms with Gasteiger partial charge in [-0.25, -0.2) is 13.5 Å². The molecule has 0 aliphatic carbocycles. The summed E-state index contributed by atoms with van der Waals surface area (Å²) in [4.78, 5) is 0. The molecular formula is C13H16F2N4. The van der Waals surface area contributed by atoms with Gasteiger partial charge in [-0.05, 0) is 6.07 Å². The van der Waals surface area contributed by atoms with Crippen LogP contribution in [0.15, 0.2) is 18.2 Å². The molecule has 19 heavy (non-hydrogen) atoms. The largest absolute Gasteiger partial charge is 0.381 e. The maximum Gasteiger partial charge on any atom is 0.169 e. The van der Waals surface area contributed by atoms with Crippen molar-refractivity contribution in [2.75, 3.05) is 5.73 Å². The number of rotatable bonds is 2. The molecule has 0 fully saturated rings. The van der Waals surface area contributed by atoms with E-state index in [2.05, 4.69) is 10.3 Å². The predicted molar refractivity (Wildman–Crippen MR) is 68.6 cm³/mol. The van der Waals surface area contributed by atoms with Gasteiger partial charge in [0.2, 0.25) is 0 Å². The van der Waals surface area contributed by atoms with Crippen molar-refractivity contribution in [3.8, 4) is 0 Å². The Balaban J connectivity index is 2.39. The van der Waals surface area contributed by atoms with Gasteiger partial charge in [0, 0.05) is 17.0 Å². The second-order valence-corrected chi connectivity index (χ2v) is 5.47. The van der Waals surface area contributed by atoms with E-state index in [1.165, 1.54) is 12.1 Å². The lowest BCUT2D eigenvalue weighted by Gasteiger charge is -2.20. The molecule has 2 aromatic rings. The summed E-state index contributed by atoms with van der Waals surface area (Å²) in [6.07, 6.45) is 0. The van der Waals surface area contributed by atoms with Gasteiger partial charge in [-0.1, -0.05) is 32.1 Å². The van der Waals surface area contributed by atoms with Crippen molar-refractivity contribution in [2.24, 2.45) is 0 Å². The summed E-state index contributed by atoms with van der Waals surface area (Å²) in [6.45, 7) is 6.08. The zero-order valence-electron chi connectivity index (χ0n) is 11.1. The monoisotopic (exact) mass is 266 g/mol. The van der Waals surface area contributed by atoms with Crippen molar-refractivity contribution >= 4 is 5.82 Å². The number of aromatic nitrogens is 3. The molecular weight excluding hydrogens is 250 g/mol. The van der Waals surface area contributed by atoms with Gasteiger partial charge in [0.05, 0.1) is 12.2 Å². The topological polar surface area (TPSA) is 56.7 Å². The lowest BCUT2D eigenvalue weighted by atomic mass is 9.91. The summed E-state index contributed by atoms with van der Waals surface area (Å²) in [5.41, 5.74) is 6.61. The first-order valence-corrected chi connectivity index (χ1v) is 5.92. The van der Waals surface area contributed by atoms with E-state index < -0.39 is 11.6 Å². The smallest absolute Gasteiger partial charge is 0.169 e. The van der Waals surface area contributed by atoms with Crippen molar-refractivity contribution in [1.82, 2.24) is 15.0 Å². The third-order valence-corrected chi connectivity index (χ3v) is 2.81. The first kappa shape index (κ1) is 13.5. The molecule has 0 spiro atoms. The Hall–Kier alpha value is -1.98. The number of hydrogen-bond donors (Lipinski definition) is 1. The molecule has 2 rings (SSSR count). The fraction of sp³-hybridized carbons (Fsp3) is 0.385. The minimum absolute atomic E-state index is 0.170. The van der Waals surface area contributed by atoms with Crippen LogP contribution < -0.4 is 5.73 Å². The van der Waals surface area contributed by atoms with Crippen molar-refractivity contribution in [3.63, 3.8) is 0 Å². The predicted octanol–water partition coefficient (Wildman–Crippen LogP) is 2.48. The van der Waals surface area contributed by atoms with Gasteiger partial charge in [-0.15, -0.1) is 5.10 Å². The molecule has 0 saturated heterocycles. The van der Waals surface area contributed by atoms with Gasteiger partial charge in [0.1, 0.15) is 11.6 Å². The molecule has 0 bridgehead atoms. The molecule has 0 radical (unpaired) electrons. The molecule has 1 aromatic heterocycles. The van der Waals surface area contributed by atoms with E-state index in [9.17, 15) is 8.78 Å². The lowest BCUT2D eigenvalue weighted by molar-refractivity contribution is 0.491. The van der Waals surface area contributed by atoms with Crippen molar-refractivity contribution in [2.45, 2.75) is 32.7 Å². The molecule has 1 heterocycles. The fourth-order valence-electron chi connectivity index (χ4n) is 2.02. The lowest BCUT2D eigenvalue weighted by Crippen LogP contribution is -2.20. The van der Waals surface area contributed by atoms with Gasteiger partial charge in [-0.2, -0.15) is 0 Å². The molecule has 0 aliphatic rings. The summed E-state index contributed by atoms with van der Waals surface area (Å²) < 4.78 is 28.0. The average Bonchev–Trinajstić information content (AvgIpc) is 2.63. The molecule has 4 nitrogen and oxygen atoms in total. The number of anilines is 1. The van der Waals surface area contributed by atoms with Crippen LogP contribution in [0.2, 0.25) is 0 Å². The maximum absolute atomic E-state index is 13.6. The summed E-state index contributed by atoms with van der Waals surface area (Å²) in [6, 6.07) is 3.47. The molecule has 0 aliphatic heterocycles. The first-order chi connectivity index (χ1) is 8.79. The normalized spacial score (nSPS) is 11.8. The van der Waals surface area contributed by atoms with Gasteiger partial charge >= 0.3 is 0 Å². The minimum Gasteiger partial charge on any atom is -0.381 e. The number of nitrogen functional groups attached to an aromatic ring is 1. The first-order valence-electron chi connectivity index (χ1n) is 5.92. The fourth-order valence-corrected chi connectivity index (χ4v) is 2.02. The Bertz CT molecular complexity index is 599. The zero-order chi connectivity index (χ0) is 14.2. The van der Waals surface area contributed by atoms with Crippen LogP contribution in [0.5, 0.6) is 0 Å². The molecule has 0 saturated carbocycles. The van der Waals surface area contributed by atoms with Gasteiger partial charge in [0.15, 0.2) is 5.82 Å².